The first-order chi connectivity index (χ1) is 7.43. The van der Waals surface area contributed by atoms with Crippen LogP contribution in [0.3, 0.4) is 0 Å². The van der Waals surface area contributed by atoms with Gasteiger partial charge in [-0.3, -0.25) is 0 Å². The molecule has 3 rings (SSSR count). The van der Waals surface area contributed by atoms with Crippen molar-refractivity contribution in [3.8, 4) is 10.7 Å². The van der Waals surface area contributed by atoms with E-state index < -0.39 is 0 Å². The second-order valence-corrected chi connectivity index (χ2v) is 5.27. The monoisotopic (exact) mass is 238 g/mol. The smallest absolute Gasteiger partial charge is 0.144 e. The molecular weight excluding hydrogens is 228 g/mol. The summed E-state index contributed by atoms with van der Waals surface area (Å²) in [6, 6.07) is 0.719. The van der Waals surface area contributed by atoms with E-state index in [1.54, 1.807) is 17.5 Å². The van der Waals surface area contributed by atoms with Crippen LogP contribution in [-0.4, -0.2) is 20.6 Å². The third-order valence-electron chi connectivity index (χ3n) is 2.32. The molecule has 0 aromatic carbocycles. The Morgan fingerprint density at radius 1 is 1.47 bits per heavy atom. The molecule has 0 radical (unpaired) electrons. The molecule has 2 aromatic heterocycles. The highest BCUT2D eigenvalue weighted by Crippen LogP contribution is 2.26. The zero-order valence-electron chi connectivity index (χ0n) is 8.01. The molecule has 0 saturated heterocycles. The molecule has 0 bridgehead atoms. The van der Waals surface area contributed by atoms with Crippen molar-refractivity contribution in [2.24, 2.45) is 0 Å². The molecule has 0 amide bonds. The first-order valence-corrected chi connectivity index (χ1v) is 6.53. The standard InChI is InChI=1S/C9H10N4S2/c1-2-6(1)11-5-7-8(12-13-15-7)9-10-3-4-14-9/h3-4,6,11H,1-2,5H2. The van der Waals surface area contributed by atoms with Crippen molar-refractivity contribution < 1.29 is 0 Å². The molecular formula is C9H10N4S2. The Bertz CT molecular complexity index is 433. The zero-order valence-corrected chi connectivity index (χ0v) is 9.64. The molecule has 1 aliphatic carbocycles. The first-order valence-electron chi connectivity index (χ1n) is 4.88. The quantitative estimate of drug-likeness (QED) is 0.884. The molecule has 2 heterocycles. The minimum absolute atomic E-state index is 0.719. The summed E-state index contributed by atoms with van der Waals surface area (Å²) in [5.74, 6) is 0. The van der Waals surface area contributed by atoms with E-state index in [0.29, 0.717) is 0 Å². The van der Waals surface area contributed by atoms with Crippen LogP contribution >= 0.6 is 22.9 Å². The maximum absolute atomic E-state index is 4.26. The van der Waals surface area contributed by atoms with Crippen LogP contribution < -0.4 is 5.32 Å². The number of nitrogens with zero attached hydrogens (tertiary/aromatic N) is 3. The van der Waals surface area contributed by atoms with Gasteiger partial charge in [0, 0.05) is 24.2 Å². The lowest BCUT2D eigenvalue weighted by atomic mass is 10.3. The number of hydrogen-bond acceptors (Lipinski definition) is 6. The molecule has 0 unspecified atom stereocenters. The summed E-state index contributed by atoms with van der Waals surface area (Å²) >= 11 is 3.07. The first kappa shape index (κ1) is 9.38. The lowest BCUT2D eigenvalue weighted by Gasteiger charge is -1.99. The fourth-order valence-electron chi connectivity index (χ4n) is 1.35. The summed E-state index contributed by atoms with van der Waals surface area (Å²) in [4.78, 5) is 5.45. The molecule has 4 nitrogen and oxygen atoms in total. The second kappa shape index (κ2) is 3.96. The summed E-state index contributed by atoms with van der Waals surface area (Å²) in [6.45, 7) is 0.872. The summed E-state index contributed by atoms with van der Waals surface area (Å²) in [5, 5.41) is 10.5. The van der Waals surface area contributed by atoms with Gasteiger partial charge >= 0.3 is 0 Å². The van der Waals surface area contributed by atoms with Crippen molar-refractivity contribution >= 4 is 22.9 Å². The molecule has 0 atom stereocenters. The second-order valence-electron chi connectivity index (χ2n) is 3.54. The van der Waals surface area contributed by atoms with Crippen molar-refractivity contribution in [2.45, 2.75) is 25.4 Å². The predicted octanol–water partition coefficient (Wildman–Crippen LogP) is 1.91. The Kier molecular flexibility index (Phi) is 2.47. The predicted molar refractivity (Wildman–Crippen MR) is 60.9 cm³/mol. The lowest BCUT2D eigenvalue weighted by molar-refractivity contribution is 0.695. The number of thiazole rings is 1. The van der Waals surface area contributed by atoms with E-state index in [0.717, 1.165) is 23.3 Å². The van der Waals surface area contributed by atoms with Crippen LogP contribution in [0.2, 0.25) is 0 Å². The number of hydrogen-bond donors (Lipinski definition) is 1. The van der Waals surface area contributed by atoms with Crippen LogP contribution in [0.1, 0.15) is 17.7 Å². The van der Waals surface area contributed by atoms with Gasteiger partial charge in [-0.25, -0.2) is 4.98 Å². The lowest BCUT2D eigenvalue weighted by Crippen LogP contribution is -2.14. The van der Waals surface area contributed by atoms with Gasteiger partial charge in [0.1, 0.15) is 10.7 Å². The van der Waals surface area contributed by atoms with Crippen molar-refractivity contribution in [3.05, 3.63) is 16.5 Å². The van der Waals surface area contributed by atoms with E-state index in [1.807, 2.05) is 5.38 Å². The maximum atomic E-state index is 4.26. The Morgan fingerprint density at radius 2 is 2.40 bits per heavy atom. The van der Waals surface area contributed by atoms with E-state index in [-0.39, 0.29) is 0 Å². The zero-order chi connectivity index (χ0) is 10.1. The van der Waals surface area contributed by atoms with Gasteiger partial charge in [-0.05, 0) is 24.4 Å². The molecule has 1 aliphatic rings. The molecule has 15 heavy (non-hydrogen) atoms. The Labute approximate surface area is 95.5 Å². The van der Waals surface area contributed by atoms with Gasteiger partial charge in [0.05, 0.1) is 4.88 Å². The number of aromatic nitrogens is 3. The Balaban J connectivity index is 1.79. The average molecular weight is 238 g/mol. The Morgan fingerprint density at radius 3 is 3.13 bits per heavy atom. The highest BCUT2D eigenvalue weighted by atomic mass is 32.1. The Hall–Kier alpha value is -0.850. The van der Waals surface area contributed by atoms with E-state index in [4.69, 9.17) is 0 Å². The number of nitrogens with one attached hydrogen (secondary N) is 1. The largest absolute Gasteiger partial charge is 0.309 e. The number of rotatable bonds is 4. The van der Waals surface area contributed by atoms with E-state index in [1.165, 1.54) is 29.3 Å². The van der Waals surface area contributed by atoms with Gasteiger partial charge in [0.25, 0.3) is 0 Å². The molecule has 0 aliphatic heterocycles. The maximum Gasteiger partial charge on any atom is 0.144 e. The highest BCUT2D eigenvalue weighted by Gasteiger charge is 2.21. The van der Waals surface area contributed by atoms with Crippen molar-refractivity contribution in [1.29, 1.82) is 0 Å². The summed E-state index contributed by atoms with van der Waals surface area (Å²) in [7, 11) is 0. The van der Waals surface area contributed by atoms with E-state index >= 15 is 0 Å². The van der Waals surface area contributed by atoms with Gasteiger partial charge < -0.3 is 5.32 Å². The molecule has 0 spiro atoms. The molecule has 1 saturated carbocycles. The fourth-order valence-corrected chi connectivity index (χ4v) is 2.66. The summed E-state index contributed by atoms with van der Waals surface area (Å²) in [6.07, 6.45) is 4.41. The van der Waals surface area contributed by atoms with Gasteiger partial charge in [-0.1, -0.05) is 4.49 Å². The van der Waals surface area contributed by atoms with Gasteiger partial charge in [-0.2, -0.15) is 0 Å². The third kappa shape index (κ3) is 2.06. The van der Waals surface area contributed by atoms with Crippen LogP contribution in [0.4, 0.5) is 0 Å². The normalized spacial score (nSPS) is 15.7. The molecule has 2 aromatic rings. The SMILES string of the molecule is c1csc(-c2nnsc2CNC2CC2)n1. The van der Waals surface area contributed by atoms with E-state index in [2.05, 4.69) is 19.9 Å². The van der Waals surface area contributed by atoms with Crippen LogP contribution in [0.5, 0.6) is 0 Å². The van der Waals surface area contributed by atoms with Crippen LogP contribution in [0.25, 0.3) is 10.7 Å². The molecule has 1 N–H and O–H groups in total. The minimum atomic E-state index is 0.719. The average Bonchev–Trinajstić information content (AvgIpc) is 2.79. The van der Waals surface area contributed by atoms with Crippen LogP contribution in [0, 0.1) is 0 Å². The molecule has 6 heteroatoms. The van der Waals surface area contributed by atoms with E-state index in [9.17, 15) is 0 Å². The van der Waals surface area contributed by atoms with Gasteiger partial charge in [0.2, 0.25) is 0 Å². The van der Waals surface area contributed by atoms with Gasteiger partial charge in [-0.15, -0.1) is 16.4 Å². The molecule has 78 valence electrons. The summed E-state index contributed by atoms with van der Waals surface area (Å²) < 4.78 is 3.99. The minimum Gasteiger partial charge on any atom is -0.309 e. The summed E-state index contributed by atoms with van der Waals surface area (Å²) in [5.41, 5.74) is 0.947. The van der Waals surface area contributed by atoms with Crippen molar-refractivity contribution in [3.63, 3.8) is 0 Å². The van der Waals surface area contributed by atoms with Crippen LogP contribution in [0.15, 0.2) is 11.6 Å². The topological polar surface area (TPSA) is 50.7 Å². The van der Waals surface area contributed by atoms with Crippen molar-refractivity contribution in [1.82, 2.24) is 19.9 Å². The highest BCUT2D eigenvalue weighted by molar-refractivity contribution is 7.13. The third-order valence-corrected chi connectivity index (χ3v) is 3.82. The van der Waals surface area contributed by atoms with Crippen LogP contribution in [-0.2, 0) is 6.54 Å². The van der Waals surface area contributed by atoms with Crippen molar-refractivity contribution in [2.75, 3.05) is 0 Å². The van der Waals surface area contributed by atoms with Gasteiger partial charge in [0.15, 0.2) is 0 Å². The fraction of sp³-hybridized carbons (Fsp3) is 0.444. The molecule has 1 fully saturated rings.